The molecule has 1 aromatic heterocycles. The van der Waals surface area contributed by atoms with Crippen LogP contribution in [-0.4, -0.2) is 10.2 Å². The van der Waals surface area contributed by atoms with Crippen LogP contribution >= 0.6 is 0 Å². The van der Waals surface area contributed by atoms with E-state index in [0.717, 1.165) is 10.9 Å². The second kappa shape index (κ2) is 3.46. The Kier molecular flexibility index (Phi) is 2.24. The molecule has 2 aromatic rings. The SMILES string of the molecule is CC(C)(C#N)c1ccc2c(=O)[nH]ncc2c1. The van der Waals surface area contributed by atoms with E-state index in [1.165, 1.54) is 0 Å². The average Bonchev–Trinajstić information content (AvgIpc) is 2.29. The lowest BCUT2D eigenvalue weighted by atomic mass is 9.85. The highest BCUT2D eigenvalue weighted by atomic mass is 16.1. The second-order valence-corrected chi connectivity index (χ2v) is 4.24. The third-order valence-electron chi connectivity index (χ3n) is 2.67. The number of H-pyrrole nitrogens is 1. The number of hydrogen-bond acceptors (Lipinski definition) is 3. The van der Waals surface area contributed by atoms with E-state index < -0.39 is 5.41 Å². The van der Waals surface area contributed by atoms with Crippen LogP contribution in [0.4, 0.5) is 0 Å². The van der Waals surface area contributed by atoms with Crippen molar-refractivity contribution in [1.82, 2.24) is 10.2 Å². The molecule has 0 bridgehead atoms. The van der Waals surface area contributed by atoms with E-state index in [-0.39, 0.29) is 5.56 Å². The Balaban J connectivity index is 2.72. The molecule has 0 aliphatic heterocycles. The monoisotopic (exact) mass is 213 g/mol. The van der Waals surface area contributed by atoms with Gasteiger partial charge in [-0.3, -0.25) is 4.79 Å². The van der Waals surface area contributed by atoms with Gasteiger partial charge in [-0.1, -0.05) is 6.07 Å². The number of hydrogen-bond donors (Lipinski definition) is 1. The molecule has 0 fully saturated rings. The first-order valence-electron chi connectivity index (χ1n) is 4.94. The maximum absolute atomic E-state index is 11.4. The highest BCUT2D eigenvalue weighted by Crippen LogP contribution is 2.24. The van der Waals surface area contributed by atoms with E-state index in [1.54, 1.807) is 18.3 Å². The minimum atomic E-state index is -0.559. The van der Waals surface area contributed by atoms with Crippen molar-refractivity contribution in [3.8, 4) is 6.07 Å². The fraction of sp³-hybridized carbons (Fsp3) is 0.250. The van der Waals surface area contributed by atoms with Crippen LogP contribution in [0.3, 0.4) is 0 Å². The summed E-state index contributed by atoms with van der Waals surface area (Å²) >= 11 is 0. The second-order valence-electron chi connectivity index (χ2n) is 4.24. The predicted octanol–water partition coefficient (Wildman–Crippen LogP) is 1.72. The van der Waals surface area contributed by atoms with Crippen molar-refractivity contribution in [2.75, 3.05) is 0 Å². The van der Waals surface area contributed by atoms with Crippen molar-refractivity contribution in [2.45, 2.75) is 19.3 Å². The number of aromatic nitrogens is 2. The third-order valence-corrected chi connectivity index (χ3v) is 2.67. The van der Waals surface area contributed by atoms with Crippen molar-refractivity contribution in [1.29, 1.82) is 5.26 Å². The molecule has 0 aliphatic carbocycles. The van der Waals surface area contributed by atoms with Gasteiger partial charge in [0.2, 0.25) is 0 Å². The van der Waals surface area contributed by atoms with Crippen molar-refractivity contribution >= 4 is 10.8 Å². The molecular weight excluding hydrogens is 202 g/mol. The molecular formula is C12H11N3O. The van der Waals surface area contributed by atoms with Crippen molar-refractivity contribution in [3.63, 3.8) is 0 Å². The highest BCUT2D eigenvalue weighted by Gasteiger charge is 2.19. The molecule has 0 saturated carbocycles. The zero-order valence-corrected chi connectivity index (χ0v) is 9.11. The number of aromatic amines is 1. The standard InChI is InChI=1S/C12H11N3O/c1-12(2,7-13)9-3-4-10-8(5-9)6-14-15-11(10)16/h3-6H,1-2H3,(H,15,16). The fourth-order valence-corrected chi connectivity index (χ4v) is 1.55. The van der Waals surface area contributed by atoms with Crippen molar-refractivity contribution in [2.24, 2.45) is 0 Å². The van der Waals surface area contributed by atoms with Gasteiger partial charge >= 0.3 is 0 Å². The van der Waals surface area contributed by atoms with Gasteiger partial charge in [0, 0.05) is 5.39 Å². The van der Waals surface area contributed by atoms with Crippen molar-refractivity contribution < 1.29 is 0 Å². The molecule has 2 rings (SSSR count). The van der Waals surface area contributed by atoms with Crippen molar-refractivity contribution in [3.05, 3.63) is 40.3 Å². The molecule has 1 N–H and O–H groups in total. The summed E-state index contributed by atoms with van der Waals surface area (Å²) in [5, 5.41) is 16.5. The first-order valence-corrected chi connectivity index (χ1v) is 4.94. The van der Waals surface area contributed by atoms with Gasteiger partial charge in [-0.05, 0) is 31.5 Å². The molecule has 80 valence electrons. The van der Waals surface area contributed by atoms with Gasteiger partial charge in [0.1, 0.15) is 0 Å². The summed E-state index contributed by atoms with van der Waals surface area (Å²) in [7, 11) is 0. The van der Waals surface area contributed by atoms with Gasteiger partial charge in [0.15, 0.2) is 0 Å². The number of benzene rings is 1. The Labute approximate surface area is 92.5 Å². The van der Waals surface area contributed by atoms with E-state index in [4.69, 9.17) is 5.26 Å². The van der Waals surface area contributed by atoms with Crippen LogP contribution in [0.5, 0.6) is 0 Å². The van der Waals surface area contributed by atoms with Gasteiger partial charge < -0.3 is 0 Å². The summed E-state index contributed by atoms with van der Waals surface area (Å²) in [6.45, 7) is 3.68. The van der Waals surface area contributed by atoms with E-state index >= 15 is 0 Å². The predicted molar refractivity (Wildman–Crippen MR) is 61.0 cm³/mol. The van der Waals surface area contributed by atoms with Crippen LogP contribution in [-0.2, 0) is 5.41 Å². The Morgan fingerprint density at radius 2 is 2.19 bits per heavy atom. The molecule has 0 saturated heterocycles. The number of nitrogens with zero attached hydrogens (tertiary/aromatic N) is 2. The fourth-order valence-electron chi connectivity index (χ4n) is 1.55. The smallest absolute Gasteiger partial charge is 0.267 e. The molecule has 0 unspecified atom stereocenters. The molecule has 4 nitrogen and oxygen atoms in total. The Morgan fingerprint density at radius 3 is 2.88 bits per heavy atom. The quantitative estimate of drug-likeness (QED) is 0.784. The van der Waals surface area contributed by atoms with E-state index in [0.29, 0.717) is 5.39 Å². The Morgan fingerprint density at radius 1 is 1.44 bits per heavy atom. The number of fused-ring (bicyclic) bond motifs is 1. The van der Waals surface area contributed by atoms with Gasteiger partial charge in [-0.25, -0.2) is 5.10 Å². The Bertz CT molecular complexity index is 634. The number of nitriles is 1. The topological polar surface area (TPSA) is 69.5 Å². The normalized spacial score (nSPS) is 11.3. The summed E-state index contributed by atoms with van der Waals surface area (Å²) in [4.78, 5) is 11.4. The molecule has 0 amide bonds. The van der Waals surface area contributed by atoms with E-state index in [2.05, 4.69) is 16.3 Å². The maximum Gasteiger partial charge on any atom is 0.272 e. The molecule has 1 heterocycles. The van der Waals surface area contributed by atoms with Crippen LogP contribution < -0.4 is 5.56 Å². The molecule has 0 aliphatic rings. The minimum absolute atomic E-state index is 0.209. The maximum atomic E-state index is 11.4. The van der Waals surface area contributed by atoms with Crippen LogP contribution in [0.1, 0.15) is 19.4 Å². The van der Waals surface area contributed by atoms with Crippen LogP contribution in [0, 0.1) is 11.3 Å². The zero-order valence-electron chi connectivity index (χ0n) is 9.11. The first-order chi connectivity index (χ1) is 7.54. The van der Waals surface area contributed by atoms with Crippen LogP contribution in [0.25, 0.3) is 10.8 Å². The third kappa shape index (κ3) is 1.57. The number of nitrogens with one attached hydrogen (secondary N) is 1. The number of rotatable bonds is 1. The lowest BCUT2D eigenvalue weighted by molar-refractivity contribution is 0.688. The summed E-state index contributed by atoms with van der Waals surface area (Å²) in [6.07, 6.45) is 1.59. The Hall–Kier alpha value is -2.15. The molecule has 0 radical (unpaired) electrons. The summed E-state index contributed by atoms with van der Waals surface area (Å²) in [5.41, 5.74) is 0.116. The molecule has 0 spiro atoms. The van der Waals surface area contributed by atoms with Gasteiger partial charge in [0.05, 0.1) is 23.1 Å². The van der Waals surface area contributed by atoms with E-state index in [9.17, 15) is 4.79 Å². The largest absolute Gasteiger partial charge is 0.272 e. The van der Waals surface area contributed by atoms with E-state index in [1.807, 2.05) is 19.9 Å². The summed E-state index contributed by atoms with van der Waals surface area (Å²) in [6, 6.07) is 7.60. The zero-order chi connectivity index (χ0) is 11.8. The lowest BCUT2D eigenvalue weighted by Gasteiger charge is -2.15. The van der Waals surface area contributed by atoms with Gasteiger partial charge in [-0.2, -0.15) is 10.4 Å². The van der Waals surface area contributed by atoms with Crippen LogP contribution in [0.15, 0.2) is 29.2 Å². The summed E-state index contributed by atoms with van der Waals surface area (Å²) < 4.78 is 0. The van der Waals surface area contributed by atoms with Gasteiger partial charge in [0.25, 0.3) is 5.56 Å². The summed E-state index contributed by atoms with van der Waals surface area (Å²) in [5.74, 6) is 0. The van der Waals surface area contributed by atoms with Gasteiger partial charge in [-0.15, -0.1) is 0 Å². The average molecular weight is 213 g/mol. The minimum Gasteiger partial charge on any atom is -0.267 e. The molecule has 4 heteroatoms. The lowest BCUT2D eigenvalue weighted by Crippen LogP contribution is -2.14. The molecule has 1 aromatic carbocycles. The van der Waals surface area contributed by atoms with Crippen LogP contribution in [0.2, 0.25) is 0 Å². The first kappa shape index (κ1) is 10.4. The highest BCUT2D eigenvalue weighted by molar-refractivity contribution is 5.81. The molecule has 0 atom stereocenters. The molecule has 16 heavy (non-hydrogen) atoms.